The minimum atomic E-state index is 0.0494. The summed E-state index contributed by atoms with van der Waals surface area (Å²) in [4.78, 5) is 12.4. The molecule has 2 aliphatic rings. The minimum Gasteiger partial charge on any atom is -0.304 e. The molecule has 0 radical (unpaired) electrons. The lowest BCUT2D eigenvalue weighted by molar-refractivity contribution is -0.121. The van der Waals surface area contributed by atoms with E-state index in [-0.39, 0.29) is 6.04 Å². The van der Waals surface area contributed by atoms with E-state index in [4.69, 9.17) is 11.6 Å². The number of ketones is 1. The molecule has 0 bridgehead atoms. The van der Waals surface area contributed by atoms with Crippen LogP contribution in [0.4, 0.5) is 0 Å². The SMILES string of the molecule is O=C(Cc1cccc(Cl)c1)C1CCC2CCCCC2N1. The summed E-state index contributed by atoms with van der Waals surface area (Å²) >= 11 is 5.98. The molecular weight excluding hydrogens is 270 g/mol. The molecule has 0 spiro atoms. The van der Waals surface area contributed by atoms with Gasteiger partial charge in [0.15, 0.2) is 5.78 Å². The predicted octanol–water partition coefficient (Wildman–Crippen LogP) is 3.76. The van der Waals surface area contributed by atoms with Crippen molar-refractivity contribution < 1.29 is 4.79 Å². The van der Waals surface area contributed by atoms with Gasteiger partial charge >= 0.3 is 0 Å². The number of hydrogen-bond acceptors (Lipinski definition) is 2. The minimum absolute atomic E-state index is 0.0494. The number of benzene rings is 1. The van der Waals surface area contributed by atoms with Gasteiger partial charge in [-0.3, -0.25) is 4.79 Å². The molecule has 1 saturated heterocycles. The van der Waals surface area contributed by atoms with E-state index >= 15 is 0 Å². The average molecular weight is 292 g/mol. The van der Waals surface area contributed by atoms with Crippen molar-refractivity contribution in [2.24, 2.45) is 5.92 Å². The molecule has 20 heavy (non-hydrogen) atoms. The van der Waals surface area contributed by atoms with Gasteiger partial charge in [0.05, 0.1) is 6.04 Å². The quantitative estimate of drug-likeness (QED) is 0.919. The van der Waals surface area contributed by atoms with Crippen molar-refractivity contribution in [3.05, 3.63) is 34.9 Å². The molecule has 3 atom stereocenters. The summed E-state index contributed by atoms with van der Waals surface area (Å²) in [5.41, 5.74) is 1.02. The van der Waals surface area contributed by atoms with Crippen LogP contribution in [-0.2, 0) is 11.2 Å². The molecule has 1 aromatic rings. The van der Waals surface area contributed by atoms with Gasteiger partial charge in [0.2, 0.25) is 0 Å². The van der Waals surface area contributed by atoms with E-state index in [2.05, 4.69) is 5.32 Å². The van der Waals surface area contributed by atoms with Crippen LogP contribution in [0.1, 0.15) is 44.1 Å². The highest BCUT2D eigenvalue weighted by Crippen LogP contribution is 2.32. The van der Waals surface area contributed by atoms with Crippen molar-refractivity contribution in [3.8, 4) is 0 Å². The van der Waals surface area contributed by atoms with Crippen LogP contribution in [0.3, 0.4) is 0 Å². The van der Waals surface area contributed by atoms with Crippen LogP contribution in [0.25, 0.3) is 0 Å². The molecule has 1 N–H and O–H groups in total. The summed E-state index contributed by atoms with van der Waals surface area (Å²) in [6, 6.07) is 8.26. The van der Waals surface area contributed by atoms with Gasteiger partial charge in [0.25, 0.3) is 0 Å². The second kappa shape index (κ2) is 6.28. The van der Waals surface area contributed by atoms with Crippen molar-refractivity contribution >= 4 is 17.4 Å². The monoisotopic (exact) mass is 291 g/mol. The first-order chi connectivity index (χ1) is 9.72. The maximum absolute atomic E-state index is 12.4. The van der Waals surface area contributed by atoms with Gasteiger partial charge in [-0.25, -0.2) is 0 Å². The van der Waals surface area contributed by atoms with E-state index in [0.717, 1.165) is 17.9 Å². The summed E-state index contributed by atoms with van der Waals surface area (Å²) in [6.07, 6.45) is 7.96. The number of halogens is 1. The molecule has 1 aromatic carbocycles. The second-order valence-corrected chi connectivity index (χ2v) is 6.66. The van der Waals surface area contributed by atoms with Crippen LogP contribution < -0.4 is 5.32 Å². The van der Waals surface area contributed by atoms with E-state index < -0.39 is 0 Å². The Labute approximate surface area is 125 Å². The maximum Gasteiger partial charge on any atom is 0.154 e. The second-order valence-electron chi connectivity index (χ2n) is 6.22. The molecule has 108 valence electrons. The predicted molar refractivity (Wildman–Crippen MR) is 82.1 cm³/mol. The fraction of sp³-hybridized carbons (Fsp3) is 0.588. The number of carbonyl (C=O) groups is 1. The van der Waals surface area contributed by atoms with Gasteiger partial charge in [0.1, 0.15) is 0 Å². The lowest BCUT2D eigenvalue weighted by Gasteiger charge is -2.40. The van der Waals surface area contributed by atoms with Gasteiger partial charge in [-0.2, -0.15) is 0 Å². The van der Waals surface area contributed by atoms with Gasteiger partial charge < -0.3 is 5.32 Å². The zero-order valence-electron chi connectivity index (χ0n) is 11.8. The van der Waals surface area contributed by atoms with E-state index in [1.807, 2.05) is 24.3 Å². The summed E-state index contributed by atoms with van der Waals surface area (Å²) < 4.78 is 0. The molecule has 1 aliphatic heterocycles. The molecule has 3 unspecified atom stereocenters. The Morgan fingerprint density at radius 1 is 1.20 bits per heavy atom. The molecule has 1 heterocycles. The first-order valence-corrected chi connectivity index (χ1v) is 8.13. The number of hydrogen-bond donors (Lipinski definition) is 1. The highest BCUT2D eigenvalue weighted by Gasteiger charge is 2.34. The number of nitrogens with one attached hydrogen (secondary N) is 1. The van der Waals surface area contributed by atoms with Gasteiger partial charge in [-0.1, -0.05) is 36.6 Å². The summed E-state index contributed by atoms with van der Waals surface area (Å²) in [5.74, 6) is 1.12. The topological polar surface area (TPSA) is 29.1 Å². The Kier molecular flexibility index (Phi) is 4.42. The van der Waals surface area contributed by atoms with Crippen LogP contribution in [-0.4, -0.2) is 17.9 Å². The number of Topliss-reactive ketones (excluding diaryl/α,β-unsaturated/α-hetero) is 1. The van der Waals surface area contributed by atoms with Crippen molar-refractivity contribution in [1.29, 1.82) is 0 Å². The molecule has 1 saturated carbocycles. The number of piperidine rings is 1. The third-order valence-electron chi connectivity index (χ3n) is 4.81. The average Bonchev–Trinajstić information content (AvgIpc) is 2.47. The van der Waals surface area contributed by atoms with Crippen LogP contribution in [0.5, 0.6) is 0 Å². The van der Waals surface area contributed by atoms with Crippen LogP contribution in [0.15, 0.2) is 24.3 Å². The first-order valence-electron chi connectivity index (χ1n) is 7.75. The van der Waals surface area contributed by atoms with Gasteiger partial charge in [-0.05, 0) is 49.3 Å². The van der Waals surface area contributed by atoms with Crippen molar-refractivity contribution in [2.75, 3.05) is 0 Å². The summed E-state index contributed by atoms with van der Waals surface area (Å²) in [6.45, 7) is 0. The first kappa shape index (κ1) is 14.1. The van der Waals surface area contributed by atoms with E-state index in [0.29, 0.717) is 23.3 Å². The Hall–Kier alpha value is -0.860. The highest BCUT2D eigenvalue weighted by molar-refractivity contribution is 6.30. The molecule has 1 aliphatic carbocycles. The molecule has 3 heteroatoms. The molecule has 2 nitrogen and oxygen atoms in total. The molecule has 0 amide bonds. The summed E-state index contributed by atoms with van der Waals surface area (Å²) in [7, 11) is 0. The van der Waals surface area contributed by atoms with Crippen molar-refractivity contribution in [2.45, 2.75) is 57.0 Å². The standard InChI is InChI=1S/C17H22ClNO/c18-14-6-3-4-12(10-14)11-17(20)16-9-8-13-5-1-2-7-15(13)19-16/h3-4,6,10,13,15-16,19H,1-2,5,7-9,11H2. The van der Waals surface area contributed by atoms with E-state index in [1.54, 1.807) is 0 Å². The highest BCUT2D eigenvalue weighted by atomic mass is 35.5. The van der Waals surface area contributed by atoms with Gasteiger partial charge in [-0.15, -0.1) is 0 Å². The van der Waals surface area contributed by atoms with Crippen LogP contribution >= 0.6 is 11.6 Å². The third kappa shape index (κ3) is 3.24. The molecule has 2 fully saturated rings. The van der Waals surface area contributed by atoms with E-state index in [1.165, 1.54) is 32.1 Å². The zero-order chi connectivity index (χ0) is 13.9. The smallest absolute Gasteiger partial charge is 0.154 e. The maximum atomic E-state index is 12.4. The Morgan fingerprint density at radius 3 is 2.90 bits per heavy atom. The number of rotatable bonds is 3. The molecular formula is C17H22ClNO. The normalized spacial score (nSPS) is 29.8. The molecule has 0 aromatic heterocycles. The Morgan fingerprint density at radius 2 is 2.05 bits per heavy atom. The summed E-state index contributed by atoms with van der Waals surface area (Å²) in [5, 5.41) is 4.32. The fourth-order valence-corrected chi connectivity index (χ4v) is 3.93. The molecule has 3 rings (SSSR count). The van der Waals surface area contributed by atoms with Crippen molar-refractivity contribution in [1.82, 2.24) is 5.32 Å². The lowest BCUT2D eigenvalue weighted by Crippen LogP contribution is -2.52. The number of fused-ring (bicyclic) bond motifs is 1. The van der Waals surface area contributed by atoms with Crippen LogP contribution in [0, 0.1) is 5.92 Å². The third-order valence-corrected chi connectivity index (χ3v) is 5.04. The van der Waals surface area contributed by atoms with Crippen LogP contribution in [0.2, 0.25) is 5.02 Å². The zero-order valence-corrected chi connectivity index (χ0v) is 12.5. The largest absolute Gasteiger partial charge is 0.304 e. The van der Waals surface area contributed by atoms with E-state index in [9.17, 15) is 4.79 Å². The number of carbonyl (C=O) groups excluding carboxylic acids is 1. The Bertz CT molecular complexity index is 488. The lowest BCUT2D eigenvalue weighted by atomic mass is 9.77. The fourth-order valence-electron chi connectivity index (χ4n) is 3.72. The van der Waals surface area contributed by atoms with Gasteiger partial charge in [0, 0.05) is 17.5 Å². The van der Waals surface area contributed by atoms with Crippen molar-refractivity contribution in [3.63, 3.8) is 0 Å². The Balaban J connectivity index is 1.60.